The topological polar surface area (TPSA) is 94.4 Å². The van der Waals surface area contributed by atoms with Crippen LogP contribution in [0, 0.1) is 10.1 Å². The van der Waals surface area contributed by atoms with Crippen molar-refractivity contribution < 1.29 is 14.5 Å². The van der Waals surface area contributed by atoms with Crippen LogP contribution in [0.15, 0.2) is 66.7 Å². The highest BCUT2D eigenvalue weighted by atomic mass is 35.5. The number of amides is 1. The van der Waals surface area contributed by atoms with Crippen LogP contribution >= 0.6 is 23.2 Å². The number of carbonyl (C=O) groups is 1. The molecule has 166 valence electrons. The number of nitro benzene ring substituents is 1. The molecule has 0 aliphatic carbocycles. The number of carbonyl (C=O) groups excluding carboxylic acids is 1. The van der Waals surface area contributed by atoms with Gasteiger partial charge in [0.15, 0.2) is 0 Å². The number of nitro groups is 1. The molecule has 33 heavy (non-hydrogen) atoms. The number of aromatic nitrogens is 1. The number of anilines is 1. The molecule has 0 atom stereocenters. The van der Waals surface area contributed by atoms with E-state index in [1.54, 1.807) is 55.5 Å². The van der Waals surface area contributed by atoms with E-state index < -0.39 is 10.8 Å². The molecule has 1 heterocycles. The van der Waals surface area contributed by atoms with Gasteiger partial charge in [-0.1, -0.05) is 47.5 Å². The predicted molar refractivity (Wildman–Crippen MR) is 129 cm³/mol. The Labute approximate surface area is 199 Å². The summed E-state index contributed by atoms with van der Waals surface area (Å²) < 4.78 is 5.34. The Hall–Kier alpha value is -3.68. The monoisotopic (exact) mass is 481 g/mol. The van der Waals surface area contributed by atoms with E-state index in [0.717, 1.165) is 0 Å². The number of benzene rings is 3. The highest BCUT2D eigenvalue weighted by Gasteiger charge is 2.20. The SMILES string of the molecule is CCOc1ccc(NC(=O)c2cc(-c3ccc(Cl)c(Cl)c3)nc3ccccc23)c([N+](=O)[O-])c1. The van der Waals surface area contributed by atoms with Gasteiger partial charge in [-0.2, -0.15) is 0 Å². The van der Waals surface area contributed by atoms with Gasteiger partial charge < -0.3 is 10.1 Å². The maximum Gasteiger partial charge on any atom is 0.296 e. The molecule has 0 fully saturated rings. The molecule has 0 saturated carbocycles. The molecule has 3 aromatic carbocycles. The van der Waals surface area contributed by atoms with Crippen LogP contribution in [0.3, 0.4) is 0 Å². The van der Waals surface area contributed by atoms with E-state index in [1.165, 1.54) is 12.1 Å². The Morgan fingerprint density at radius 1 is 1.06 bits per heavy atom. The molecule has 0 aliphatic rings. The lowest BCUT2D eigenvalue weighted by molar-refractivity contribution is -0.384. The fraction of sp³-hybridized carbons (Fsp3) is 0.0833. The van der Waals surface area contributed by atoms with Crippen molar-refractivity contribution in [2.75, 3.05) is 11.9 Å². The van der Waals surface area contributed by atoms with Crippen LogP contribution in [0.25, 0.3) is 22.2 Å². The standard InChI is InChI=1S/C24H17Cl2N3O4/c1-2-33-15-8-10-21(23(12-15)29(31)32)28-24(30)17-13-22(14-7-9-18(25)19(26)11-14)27-20-6-4-3-5-16(17)20/h3-13H,2H2,1H3,(H,28,30). The van der Waals surface area contributed by atoms with Crippen molar-refractivity contribution in [2.45, 2.75) is 6.92 Å². The van der Waals surface area contributed by atoms with Crippen LogP contribution in [-0.4, -0.2) is 22.4 Å². The van der Waals surface area contributed by atoms with Crippen LogP contribution in [0.4, 0.5) is 11.4 Å². The van der Waals surface area contributed by atoms with E-state index >= 15 is 0 Å². The lowest BCUT2D eigenvalue weighted by Crippen LogP contribution is -2.14. The zero-order valence-electron chi connectivity index (χ0n) is 17.3. The van der Waals surface area contributed by atoms with Gasteiger partial charge in [0, 0.05) is 10.9 Å². The summed E-state index contributed by atoms with van der Waals surface area (Å²) in [5.41, 5.74) is 1.88. The number of pyridine rings is 1. The summed E-state index contributed by atoms with van der Waals surface area (Å²) in [6.45, 7) is 2.14. The fourth-order valence-corrected chi connectivity index (χ4v) is 3.68. The molecule has 4 rings (SSSR count). The van der Waals surface area contributed by atoms with Crippen molar-refractivity contribution >= 4 is 51.4 Å². The summed E-state index contributed by atoms with van der Waals surface area (Å²) in [6, 6.07) is 18.1. The zero-order valence-corrected chi connectivity index (χ0v) is 18.9. The van der Waals surface area contributed by atoms with E-state index in [2.05, 4.69) is 10.3 Å². The van der Waals surface area contributed by atoms with E-state index in [0.29, 0.717) is 50.1 Å². The first kappa shape index (κ1) is 22.5. The van der Waals surface area contributed by atoms with Crippen molar-refractivity contribution in [3.63, 3.8) is 0 Å². The van der Waals surface area contributed by atoms with Crippen molar-refractivity contribution in [1.29, 1.82) is 0 Å². The van der Waals surface area contributed by atoms with Crippen molar-refractivity contribution in [2.24, 2.45) is 0 Å². The summed E-state index contributed by atoms with van der Waals surface area (Å²) in [5.74, 6) is -0.166. The quantitative estimate of drug-likeness (QED) is 0.242. The lowest BCUT2D eigenvalue weighted by atomic mass is 10.0. The Morgan fingerprint density at radius 3 is 2.58 bits per heavy atom. The second-order valence-corrected chi connectivity index (χ2v) is 7.84. The van der Waals surface area contributed by atoms with E-state index in [4.69, 9.17) is 27.9 Å². The molecule has 1 aromatic heterocycles. The molecule has 0 radical (unpaired) electrons. The van der Waals surface area contributed by atoms with Gasteiger partial charge in [0.2, 0.25) is 0 Å². The third-order valence-electron chi connectivity index (χ3n) is 4.90. The molecule has 7 nitrogen and oxygen atoms in total. The molecule has 0 unspecified atom stereocenters. The summed E-state index contributed by atoms with van der Waals surface area (Å²) in [6.07, 6.45) is 0. The Morgan fingerprint density at radius 2 is 1.85 bits per heavy atom. The van der Waals surface area contributed by atoms with Gasteiger partial charge in [-0.05, 0) is 43.3 Å². The van der Waals surface area contributed by atoms with Crippen LogP contribution in [0.5, 0.6) is 5.75 Å². The van der Waals surface area contributed by atoms with Crippen molar-refractivity contribution in [1.82, 2.24) is 4.98 Å². The number of hydrogen-bond acceptors (Lipinski definition) is 5. The van der Waals surface area contributed by atoms with Gasteiger partial charge in [0.25, 0.3) is 11.6 Å². The molecular weight excluding hydrogens is 465 g/mol. The highest BCUT2D eigenvalue weighted by molar-refractivity contribution is 6.42. The van der Waals surface area contributed by atoms with Crippen molar-refractivity contribution in [3.8, 4) is 17.0 Å². The fourth-order valence-electron chi connectivity index (χ4n) is 3.38. The average Bonchev–Trinajstić information content (AvgIpc) is 2.81. The summed E-state index contributed by atoms with van der Waals surface area (Å²) in [4.78, 5) is 28.9. The molecule has 0 aliphatic heterocycles. The summed E-state index contributed by atoms with van der Waals surface area (Å²) in [5, 5.41) is 15.6. The van der Waals surface area contributed by atoms with E-state index in [1.807, 2.05) is 6.07 Å². The van der Waals surface area contributed by atoms with Gasteiger partial charge in [0.1, 0.15) is 11.4 Å². The molecule has 9 heteroatoms. The Kier molecular flexibility index (Phi) is 6.44. The number of hydrogen-bond donors (Lipinski definition) is 1. The van der Waals surface area contributed by atoms with Crippen LogP contribution in [0.1, 0.15) is 17.3 Å². The summed E-state index contributed by atoms with van der Waals surface area (Å²) in [7, 11) is 0. The van der Waals surface area contributed by atoms with E-state index in [-0.39, 0.29) is 11.4 Å². The van der Waals surface area contributed by atoms with Gasteiger partial charge >= 0.3 is 0 Å². The van der Waals surface area contributed by atoms with Crippen LogP contribution < -0.4 is 10.1 Å². The third-order valence-corrected chi connectivity index (χ3v) is 5.64. The molecular formula is C24H17Cl2N3O4. The molecule has 1 N–H and O–H groups in total. The molecule has 0 spiro atoms. The van der Waals surface area contributed by atoms with Crippen LogP contribution in [0.2, 0.25) is 10.0 Å². The smallest absolute Gasteiger partial charge is 0.296 e. The van der Waals surface area contributed by atoms with Gasteiger partial charge in [-0.3, -0.25) is 14.9 Å². The van der Waals surface area contributed by atoms with Gasteiger partial charge in [-0.25, -0.2) is 4.98 Å². The number of nitrogens with one attached hydrogen (secondary N) is 1. The maximum absolute atomic E-state index is 13.3. The Bertz CT molecular complexity index is 1390. The first-order valence-corrected chi connectivity index (χ1v) is 10.7. The van der Waals surface area contributed by atoms with Gasteiger partial charge in [0.05, 0.1) is 44.4 Å². The number of halogens is 2. The van der Waals surface area contributed by atoms with Crippen LogP contribution in [-0.2, 0) is 0 Å². The molecule has 0 bridgehead atoms. The average molecular weight is 482 g/mol. The first-order valence-electron chi connectivity index (χ1n) is 9.95. The number of rotatable bonds is 6. The number of fused-ring (bicyclic) bond motifs is 1. The number of para-hydroxylation sites is 1. The molecule has 4 aromatic rings. The first-order chi connectivity index (χ1) is 15.9. The number of nitrogens with zero attached hydrogens (tertiary/aromatic N) is 2. The summed E-state index contributed by atoms with van der Waals surface area (Å²) >= 11 is 12.2. The second-order valence-electron chi connectivity index (χ2n) is 7.02. The third kappa shape index (κ3) is 4.74. The minimum Gasteiger partial charge on any atom is -0.494 e. The van der Waals surface area contributed by atoms with E-state index in [9.17, 15) is 14.9 Å². The Balaban J connectivity index is 1.78. The highest BCUT2D eigenvalue weighted by Crippen LogP contribution is 2.32. The largest absolute Gasteiger partial charge is 0.494 e. The van der Waals surface area contributed by atoms with Gasteiger partial charge in [-0.15, -0.1) is 0 Å². The maximum atomic E-state index is 13.3. The lowest BCUT2D eigenvalue weighted by Gasteiger charge is -2.12. The van der Waals surface area contributed by atoms with Crippen molar-refractivity contribution in [3.05, 3.63) is 92.5 Å². The molecule has 1 amide bonds. The normalized spacial score (nSPS) is 10.8. The minimum absolute atomic E-state index is 0.0606. The number of ether oxygens (including phenoxy) is 1. The predicted octanol–water partition coefficient (Wildman–Crippen LogP) is 6.77. The minimum atomic E-state index is -0.566. The molecule has 0 saturated heterocycles. The second kappa shape index (κ2) is 9.44. The zero-order chi connectivity index (χ0) is 23.5.